The van der Waals surface area contributed by atoms with Gasteiger partial charge in [-0.2, -0.15) is 13.2 Å². The van der Waals surface area contributed by atoms with Crippen LogP contribution in [0.25, 0.3) is 0 Å². The van der Waals surface area contributed by atoms with E-state index >= 15 is 0 Å². The number of morpholine rings is 1. The van der Waals surface area contributed by atoms with Crippen molar-refractivity contribution in [2.45, 2.75) is 64.0 Å². The second kappa shape index (κ2) is 10.9. The molecule has 9 heteroatoms. The molecule has 0 aromatic heterocycles. The lowest BCUT2D eigenvalue weighted by Gasteiger charge is -2.54. The van der Waals surface area contributed by atoms with Gasteiger partial charge in [0.2, 0.25) is 0 Å². The number of carbonyl (C=O) groups is 1. The van der Waals surface area contributed by atoms with Crippen LogP contribution in [0.2, 0.25) is 0 Å². The summed E-state index contributed by atoms with van der Waals surface area (Å²) < 4.78 is 64.2. The number of benzene rings is 1. The molecule has 5 fully saturated rings. The highest BCUT2D eigenvalue weighted by atomic mass is 19.4. The molecule has 200 valence electrons. The number of hydrogen-bond acceptors (Lipinski definition) is 6. The fraction of sp³-hybridized carbons (Fsp3) is 0.741. The Balaban J connectivity index is 1.25. The van der Waals surface area contributed by atoms with E-state index in [-0.39, 0.29) is 24.0 Å². The van der Waals surface area contributed by atoms with Crippen molar-refractivity contribution in [1.82, 2.24) is 4.90 Å². The fourth-order valence-electron chi connectivity index (χ4n) is 6.78. The molecule has 6 rings (SSSR count). The van der Waals surface area contributed by atoms with Crippen molar-refractivity contribution >= 4 is 5.97 Å². The van der Waals surface area contributed by atoms with E-state index in [0.29, 0.717) is 38.0 Å². The number of esters is 1. The van der Waals surface area contributed by atoms with Crippen LogP contribution in [-0.2, 0) is 20.4 Å². The fourth-order valence-corrected chi connectivity index (χ4v) is 6.78. The molecule has 1 heterocycles. The average Bonchev–Trinajstić information content (AvgIpc) is 2.85. The summed E-state index contributed by atoms with van der Waals surface area (Å²) in [6.07, 6.45) is 0.927. The topological polar surface area (TPSA) is 57.2 Å². The minimum absolute atomic E-state index is 0.0319. The van der Waals surface area contributed by atoms with Crippen LogP contribution in [-0.4, -0.2) is 62.7 Å². The summed E-state index contributed by atoms with van der Waals surface area (Å²) in [6, 6.07) is 3.18. The second-order valence-corrected chi connectivity index (χ2v) is 10.8. The highest BCUT2D eigenvalue weighted by Crippen LogP contribution is 2.55. The minimum Gasteiger partial charge on any atom is -0.464 e. The molecule has 4 saturated carbocycles. The molecule has 1 saturated heterocycles. The van der Waals surface area contributed by atoms with Crippen molar-refractivity contribution in [3.05, 3.63) is 29.3 Å². The van der Waals surface area contributed by atoms with Crippen molar-refractivity contribution in [2.75, 3.05) is 39.5 Å². The van der Waals surface area contributed by atoms with Gasteiger partial charge in [-0.1, -0.05) is 6.92 Å². The number of halogens is 3. The highest BCUT2D eigenvalue weighted by Gasteiger charge is 2.49. The zero-order valence-electron chi connectivity index (χ0n) is 20.8. The molecule has 1 atom stereocenters. The summed E-state index contributed by atoms with van der Waals surface area (Å²) in [5, 5.41) is 0. The summed E-state index contributed by atoms with van der Waals surface area (Å²) in [7, 11) is 0. The molecule has 1 aliphatic heterocycles. The van der Waals surface area contributed by atoms with E-state index < -0.39 is 24.0 Å². The Labute approximate surface area is 210 Å². The normalized spacial score (nSPS) is 30.8. The molecule has 4 aliphatic carbocycles. The van der Waals surface area contributed by atoms with E-state index in [1.807, 2.05) is 6.92 Å². The van der Waals surface area contributed by atoms with Gasteiger partial charge < -0.3 is 18.9 Å². The van der Waals surface area contributed by atoms with Gasteiger partial charge in [0.1, 0.15) is 12.4 Å². The number of ether oxygens (including phenoxy) is 4. The highest BCUT2D eigenvalue weighted by molar-refractivity contribution is 5.90. The van der Waals surface area contributed by atoms with Gasteiger partial charge in [-0.05, 0) is 74.0 Å². The van der Waals surface area contributed by atoms with Gasteiger partial charge in [-0.25, -0.2) is 4.79 Å². The maximum absolute atomic E-state index is 13.8. The van der Waals surface area contributed by atoms with Gasteiger partial charge >= 0.3 is 12.1 Å². The van der Waals surface area contributed by atoms with Gasteiger partial charge in [0, 0.05) is 26.1 Å². The van der Waals surface area contributed by atoms with Crippen LogP contribution in [0.1, 0.15) is 61.4 Å². The summed E-state index contributed by atoms with van der Waals surface area (Å²) in [5.74, 6) is 1.42. The van der Waals surface area contributed by atoms with Crippen molar-refractivity contribution in [3.8, 4) is 5.75 Å². The molecule has 0 amide bonds. The Bertz CT molecular complexity index is 889. The minimum atomic E-state index is -4.62. The third kappa shape index (κ3) is 5.83. The lowest BCUT2D eigenvalue weighted by atomic mass is 9.55. The van der Waals surface area contributed by atoms with Crippen molar-refractivity contribution in [3.63, 3.8) is 0 Å². The lowest BCUT2D eigenvalue weighted by molar-refractivity contribution is -0.200. The van der Waals surface area contributed by atoms with Crippen LogP contribution >= 0.6 is 0 Å². The zero-order chi connectivity index (χ0) is 25.3. The molecule has 5 aliphatic rings. The smallest absolute Gasteiger partial charge is 0.419 e. The number of alkyl halides is 3. The third-order valence-corrected chi connectivity index (χ3v) is 8.31. The van der Waals surface area contributed by atoms with Crippen molar-refractivity contribution in [2.24, 2.45) is 23.7 Å². The molecule has 0 N–H and O–H groups in total. The molecule has 1 unspecified atom stereocenters. The van der Waals surface area contributed by atoms with Crippen LogP contribution in [0.4, 0.5) is 13.2 Å². The van der Waals surface area contributed by atoms with E-state index in [9.17, 15) is 18.0 Å². The quantitative estimate of drug-likeness (QED) is 0.338. The first kappa shape index (κ1) is 25.8. The summed E-state index contributed by atoms with van der Waals surface area (Å²) in [5.41, 5.74) is -0.885. The molecule has 36 heavy (non-hydrogen) atoms. The summed E-state index contributed by atoms with van der Waals surface area (Å²) >= 11 is 0. The molecule has 6 nitrogen and oxygen atoms in total. The Morgan fingerprint density at radius 1 is 1.08 bits per heavy atom. The van der Waals surface area contributed by atoms with Gasteiger partial charge in [-0.3, -0.25) is 4.90 Å². The number of hydrogen-bond donors (Lipinski definition) is 0. The Morgan fingerprint density at radius 3 is 2.36 bits per heavy atom. The third-order valence-electron chi connectivity index (χ3n) is 8.31. The summed E-state index contributed by atoms with van der Waals surface area (Å²) in [4.78, 5) is 14.7. The molecular weight excluding hydrogens is 475 g/mol. The number of nitrogens with zero attached hydrogens (tertiary/aromatic N) is 1. The standard InChI is InChI=1S/C27H36F3NO5/c1-2-24(36-25-20-12-17-11-18(14-20)15-21(25)13-17)35-23-16-19(3-4-22(23)27(28,29)30)26(32)34-10-7-31-5-8-33-9-6-31/h3-4,16-18,20-21,24-25H,2,5-15H2,1H3. The Morgan fingerprint density at radius 2 is 1.75 bits per heavy atom. The molecule has 4 bridgehead atoms. The van der Waals surface area contributed by atoms with E-state index in [0.717, 1.165) is 68.8 Å². The monoisotopic (exact) mass is 511 g/mol. The zero-order valence-corrected chi connectivity index (χ0v) is 20.8. The second-order valence-electron chi connectivity index (χ2n) is 10.8. The van der Waals surface area contributed by atoms with E-state index in [1.165, 1.54) is 6.42 Å². The van der Waals surface area contributed by atoms with Gasteiger partial charge in [0.05, 0.1) is 30.4 Å². The maximum Gasteiger partial charge on any atom is 0.419 e. The van der Waals surface area contributed by atoms with Crippen LogP contribution in [0.3, 0.4) is 0 Å². The van der Waals surface area contributed by atoms with E-state index in [2.05, 4.69) is 4.90 Å². The predicted molar refractivity (Wildman–Crippen MR) is 126 cm³/mol. The number of carbonyl (C=O) groups excluding carboxylic acids is 1. The SMILES string of the molecule is CCC(Oc1cc(C(=O)OCCN2CCOCC2)ccc1C(F)(F)F)OC1C2CC3CC(C2)CC1C3. The molecule has 1 aromatic rings. The van der Waals surface area contributed by atoms with E-state index in [4.69, 9.17) is 18.9 Å². The average molecular weight is 512 g/mol. The van der Waals surface area contributed by atoms with Crippen molar-refractivity contribution in [1.29, 1.82) is 0 Å². The van der Waals surface area contributed by atoms with Crippen LogP contribution in [0.15, 0.2) is 18.2 Å². The Kier molecular flexibility index (Phi) is 7.79. The van der Waals surface area contributed by atoms with Gasteiger partial charge in [0.15, 0.2) is 6.29 Å². The van der Waals surface area contributed by atoms with E-state index in [1.54, 1.807) is 0 Å². The van der Waals surface area contributed by atoms with Crippen LogP contribution < -0.4 is 4.74 Å². The molecule has 0 radical (unpaired) electrons. The maximum atomic E-state index is 13.8. The van der Waals surface area contributed by atoms with Gasteiger partial charge in [0.25, 0.3) is 0 Å². The molecule has 0 spiro atoms. The summed E-state index contributed by atoms with van der Waals surface area (Å²) in [6.45, 7) is 5.35. The van der Waals surface area contributed by atoms with Crippen LogP contribution in [0, 0.1) is 23.7 Å². The molecular formula is C27H36F3NO5. The van der Waals surface area contributed by atoms with Crippen LogP contribution in [0.5, 0.6) is 5.75 Å². The first-order chi connectivity index (χ1) is 17.3. The molecule has 1 aromatic carbocycles. The van der Waals surface area contributed by atoms with Crippen molar-refractivity contribution < 1.29 is 36.9 Å². The lowest BCUT2D eigenvalue weighted by Crippen LogP contribution is -2.51. The van der Waals surface area contributed by atoms with Gasteiger partial charge in [-0.15, -0.1) is 0 Å². The predicted octanol–water partition coefficient (Wildman–Crippen LogP) is 5.15. The first-order valence-electron chi connectivity index (χ1n) is 13.3. The first-order valence-corrected chi connectivity index (χ1v) is 13.3. The largest absolute Gasteiger partial charge is 0.464 e. The Hall–Kier alpha value is -1.84. The number of rotatable bonds is 9.